The number of nitrogens with zero attached hydrogens (tertiary/aromatic N) is 1. The smallest absolute Gasteiger partial charge is 0.243 e. The highest BCUT2D eigenvalue weighted by atomic mass is 32.2. The molecule has 0 radical (unpaired) electrons. The van der Waals surface area contributed by atoms with Gasteiger partial charge in [-0.05, 0) is 49.6 Å². The van der Waals surface area contributed by atoms with Crippen LogP contribution >= 0.6 is 0 Å². The number of aryl methyl sites for hydroxylation is 1. The van der Waals surface area contributed by atoms with Gasteiger partial charge in [0.25, 0.3) is 0 Å². The molecule has 2 aromatic rings. The van der Waals surface area contributed by atoms with Gasteiger partial charge < -0.3 is 5.32 Å². The third-order valence-electron chi connectivity index (χ3n) is 4.10. The predicted molar refractivity (Wildman–Crippen MR) is 101 cm³/mol. The van der Waals surface area contributed by atoms with Gasteiger partial charge in [0.1, 0.15) is 11.9 Å². The number of amides is 1. The Kier molecular flexibility index (Phi) is 7.06. The molecule has 0 fully saturated rings. The maximum absolute atomic E-state index is 13.5. The Bertz CT molecular complexity index is 934. The van der Waals surface area contributed by atoms with E-state index < -0.39 is 33.6 Å². The van der Waals surface area contributed by atoms with Crippen molar-refractivity contribution in [1.29, 1.82) is 0 Å². The third-order valence-corrected chi connectivity index (χ3v) is 5.34. The van der Waals surface area contributed by atoms with Crippen LogP contribution in [0.2, 0.25) is 0 Å². The van der Waals surface area contributed by atoms with E-state index >= 15 is 0 Å². The van der Waals surface area contributed by atoms with Crippen LogP contribution in [0.1, 0.15) is 18.9 Å². The second-order valence-electron chi connectivity index (χ2n) is 6.35. The van der Waals surface area contributed by atoms with Gasteiger partial charge in [-0.25, -0.2) is 21.6 Å². The number of carbonyl (C=O) groups excluding carboxylic acids is 1. The molecular formula is C19H21F3N2O3S. The van der Waals surface area contributed by atoms with Crippen molar-refractivity contribution < 1.29 is 26.4 Å². The van der Waals surface area contributed by atoms with Crippen molar-refractivity contribution in [1.82, 2.24) is 5.32 Å². The zero-order chi connectivity index (χ0) is 20.9. The molecule has 0 aliphatic carbocycles. The van der Waals surface area contributed by atoms with Crippen molar-refractivity contribution >= 4 is 21.6 Å². The zero-order valence-electron chi connectivity index (χ0n) is 15.5. The van der Waals surface area contributed by atoms with Gasteiger partial charge in [0.2, 0.25) is 15.9 Å². The van der Waals surface area contributed by atoms with Crippen LogP contribution < -0.4 is 9.62 Å². The Labute approximate surface area is 162 Å². The maximum Gasteiger partial charge on any atom is 0.243 e. The average Bonchev–Trinajstić information content (AvgIpc) is 2.62. The van der Waals surface area contributed by atoms with E-state index in [1.165, 1.54) is 19.1 Å². The number of nitrogens with one attached hydrogen (secondary N) is 1. The number of sulfonamides is 1. The van der Waals surface area contributed by atoms with Gasteiger partial charge >= 0.3 is 0 Å². The first kappa shape index (κ1) is 21.7. The fourth-order valence-electron chi connectivity index (χ4n) is 2.73. The molecule has 1 unspecified atom stereocenters. The Hall–Kier alpha value is -2.55. The highest BCUT2D eigenvalue weighted by molar-refractivity contribution is 7.92. The molecule has 0 saturated heterocycles. The second kappa shape index (κ2) is 9.09. The van der Waals surface area contributed by atoms with E-state index in [4.69, 9.17) is 0 Å². The molecule has 2 aromatic carbocycles. The molecule has 0 aromatic heterocycles. The Morgan fingerprint density at radius 1 is 1.07 bits per heavy atom. The third kappa shape index (κ3) is 5.72. The number of benzene rings is 2. The van der Waals surface area contributed by atoms with E-state index in [-0.39, 0.29) is 18.0 Å². The minimum atomic E-state index is -3.92. The lowest BCUT2D eigenvalue weighted by atomic mass is 10.1. The minimum absolute atomic E-state index is 0.143. The monoisotopic (exact) mass is 414 g/mol. The molecule has 0 saturated carbocycles. The summed E-state index contributed by atoms with van der Waals surface area (Å²) in [6, 6.07) is 7.46. The lowest BCUT2D eigenvalue weighted by Gasteiger charge is -2.28. The Balaban J connectivity index is 2.01. The normalized spacial score (nSPS) is 12.5. The largest absolute Gasteiger partial charge is 0.354 e. The molecule has 1 atom stereocenters. The van der Waals surface area contributed by atoms with Crippen molar-refractivity contribution in [3.05, 3.63) is 65.5 Å². The lowest BCUT2D eigenvalue weighted by Crippen LogP contribution is -2.48. The molecule has 0 bridgehead atoms. The standard InChI is InChI=1S/C19H21F3N2O3S/c1-13(19(25)23-11-3-4-14-5-7-15(20)8-6-14)24(28(2,26)27)16-9-10-17(21)18(22)12-16/h5-10,12-13H,3-4,11H2,1-2H3,(H,23,25). The number of carbonyl (C=O) groups is 1. The summed E-state index contributed by atoms with van der Waals surface area (Å²) < 4.78 is 64.5. The lowest BCUT2D eigenvalue weighted by molar-refractivity contribution is -0.121. The van der Waals surface area contributed by atoms with E-state index in [1.54, 1.807) is 12.1 Å². The van der Waals surface area contributed by atoms with E-state index in [0.29, 0.717) is 12.8 Å². The van der Waals surface area contributed by atoms with E-state index in [1.807, 2.05) is 0 Å². The fraction of sp³-hybridized carbons (Fsp3) is 0.316. The van der Waals surface area contributed by atoms with Crippen LogP contribution in [0.15, 0.2) is 42.5 Å². The number of halogens is 3. The first-order valence-electron chi connectivity index (χ1n) is 8.56. The van der Waals surface area contributed by atoms with Crippen LogP contribution in [0.3, 0.4) is 0 Å². The molecule has 1 N–H and O–H groups in total. The quantitative estimate of drug-likeness (QED) is 0.676. The van der Waals surface area contributed by atoms with Crippen LogP contribution in [0.25, 0.3) is 0 Å². The van der Waals surface area contributed by atoms with Gasteiger partial charge in [0.15, 0.2) is 11.6 Å². The number of anilines is 1. The number of hydrogen-bond donors (Lipinski definition) is 1. The summed E-state index contributed by atoms with van der Waals surface area (Å²) in [6.45, 7) is 1.63. The minimum Gasteiger partial charge on any atom is -0.354 e. The molecule has 0 aliphatic rings. The molecule has 2 rings (SSSR count). The van der Waals surface area contributed by atoms with Gasteiger partial charge in [-0.3, -0.25) is 9.10 Å². The Morgan fingerprint density at radius 2 is 1.71 bits per heavy atom. The van der Waals surface area contributed by atoms with Crippen molar-refractivity contribution in [2.75, 3.05) is 17.1 Å². The van der Waals surface area contributed by atoms with Gasteiger partial charge in [0, 0.05) is 12.6 Å². The van der Waals surface area contributed by atoms with Gasteiger partial charge in [-0.2, -0.15) is 0 Å². The molecule has 5 nitrogen and oxygen atoms in total. The summed E-state index contributed by atoms with van der Waals surface area (Å²) in [7, 11) is -3.92. The van der Waals surface area contributed by atoms with Crippen LogP contribution in [-0.4, -0.2) is 33.2 Å². The number of hydrogen-bond acceptors (Lipinski definition) is 3. The van der Waals surface area contributed by atoms with Crippen LogP contribution in [0.4, 0.5) is 18.9 Å². The van der Waals surface area contributed by atoms with Gasteiger partial charge in [-0.1, -0.05) is 12.1 Å². The second-order valence-corrected chi connectivity index (χ2v) is 8.21. The topological polar surface area (TPSA) is 66.5 Å². The summed E-state index contributed by atoms with van der Waals surface area (Å²) in [5, 5.41) is 2.63. The van der Waals surface area contributed by atoms with Gasteiger partial charge in [-0.15, -0.1) is 0 Å². The van der Waals surface area contributed by atoms with Crippen LogP contribution in [0, 0.1) is 17.5 Å². The predicted octanol–water partition coefficient (Wildman–Crippen LogP) is 3.01. The summed E-state index contributed by atoms with van der Waals surface area (Å²) in [4.78, 5) is 12.4. The first-order chi connectivity index (χ1) is 13.1. The first-order valence-corrected chi connectivity index (χ1v) is 10.4. The fourth-order valence-corrected chi connectivity index (χ4v) is 3.90. The molecule has 152 valence electrons. The van der Waals surface area contributed by atoms with Crippen molar-refractivity contribution in [3.8, 4) is 0 Å². The maximum atomic E-state index is 13.5. The molecule has 0 heterocycles. The summed E-state index contributed by atoms with van der Waals surface area (Å²) >= 11 is 0. The van der Waals surface area contributed by atoms with E-state index in [2.05, 4.69) is 5.32 Å². The van der Waals surface area contributed by atoms with Crippen molar-refractivity contribution in [2.24, 2.45) is 0 Å². The summed E-state index contributed by atoms with van der Waals surface area (Å²) in [5.74, 6) is -3.23. The molecule has 0 spiro atoms. The van der Waals surface area contributed by atoms with Crippen molar-refractivity contribution in [2.45, 2.75) is 25.8 Å². The van der Waals surface area contributed by atoms with Crippen LogP contribution in [0.5, 0.6) is 0 Å². The summed E-state index contributed by atoms with van der Waals surface area (Å²) in [5.41, 5.74) is 0.763. The molecule has 0 aliphatic heterocycles. The molecule has 28 heavy (non-hydrogen) atoms. The highest BCUT2D eigenvalue weighted by Gasteiger charge is 2.29. The van der Waals surface area contributed by atoms with E-state index in [9.17, 15) is 26.4 Å². The molecule has 9 heteroatoms. The highest BCUT2D eigenvalue weighted by Crippen LogP contribution is 2.23. The molecular weight excluding hydrogens is 393 g/mol. The summed E-state index contributed by atoms with van der Waals surface area (Å²) in [6.07, 6.45) is 2.05. The van der Waals surface area contributed by atoms with Gasteiger partial charge in [0.05, 0.1) is 11.9 Å². The zero-order valence-corrected chi connectivity index (χ0v) is 16.3. The van der Waals surface area contributed by atoms with Crippen molar-refractivity contribution in [3.63, 3.8) is 0 Å². The van der Waals surface area contributed by atoms with Crippen LogP contribution in [-0.2, 0) is 21.2 Å². The average molecular weight is 414 g/mol. The molecule has 1 amide bonds. The number of rotatable bonds is 8. The van der Waals surface area contributed by atoms with E-state index in [0.717, 1.165) is 34.3 Å². The Morgan fingerprint density at radius 3 is 2.29 bits per heavy atom. The SMILES string of the molecule is CC(C(=O)NCCCc1ccc(F)cc1)N(c1ccc(F)c(F)c1)S(C)(=O)=O.